The summed E-state index contributed by atoms with van der Waals surface area (Å²) in [5, 5.41) is 13.3. The Morgan fingerprint density at radius 3 is 2.23 bits per heavy atom. The van der Waals surface area contributed by atoms with Crippen LogP contribution in [0, 0.1) is 5.92 Å². The lowest BCUT2D eigenvalue weighted by Gasteiger charge is -2.35. The Kier molecular flexibility index (Phi) is 11.1. The Labute approximate surface area is 272 Å². The molecule has 47 heavy (non-hydrogen) atoms. The average molecular weight is 643 g/mol. The van der Waals surface area contributed by atoms with Crippen molar-refractivity contribution in [3.8, 4) is 17.2 Å². The molecule has 1 aromatic heterocycles. The van der Waals surface area contributed by atoms with E-state index in [9.17, 15) is 19.5 Å². The van der Waals surface area contributed by atoms with Gasteiger partial charge in [-0.05, 0) is 36.0 Å². The van der Waals surface area contributed by atoms with Crippen LogP contribution in [0.2, 0.25) is 0 Å². The molecule has 246 valence electrons. The number of carbonyl (C=O) groups excluding carboxylic acids is 2. The first kappa shape index (κ1) is 33.0. The van der Waals surface area contributed by atoms with E-state index >= 15 is 0 Å². The summed E-state index contributed by atoms with van der Waals surface area (Å²) < 4.78 is 22.6. The molecule has 0 saturated carbocycles. The fraction of sp³-hybridized carbons (Fsp3) is 0.314. The first-order chi connectivity index (χ1) is 22.9. The van der Waals surface area contributed by atoms with E-state index in [-0.39, 0.29) is 31.5 Å². The van der Waals surface area contributed by atoms with Gasteiger partial charge in [0.25, 0.3) is 11.5 Å². The Morgan fingerprint density at radius 1 is 0.936 bits per heavy atom. The van der Waals surface area contributed by atoms with Crippen molar-refractivity contribution in [2.45, 2.75) is 38.7 Å². The van der Waals surface area contributed by atoms with E-state index in [4.69, 9.17) is 18.9 Å². The number of ether oxygens (including phenoxy) is 4. The van der Waals surface area contributed by atoms with Gasteiger partial charge < -0.3 is 39.3 Å². The summed E-state index contributed by atoms with van der Waals surface area (Å²) in [7, 11) is 3.01. The zero-order valence-electron chi connectivity index (χ0n) is 26.3. The topological polar surface area (TPSA) is 152 Å². The number of benzene rings is 3. The van der Waals surface area contributed by atoms with Gasteiger partial charge in [0.05, 0.1) is 20.8 Å². The summed E-state index contributed by atoms with van der Waals surface area (Å²) in [6.07, 6.45) is -0.0867. The summed E-state index contributed by atoms with van der Waals surface area (Å²) in [4.78, 5) is 47.7. The van der Waals surface area contributed by atoms with E-state index < -0.39 is 35.1 Å². The highest BCUT2D eigenvalue weighted by atomic mass is 16.6. The van der Waals surface area contributed by atoms with Gasteiger partial charge in [-0.25, -0.2) is 9.78 Å². The highest BCUT2D eigenvalue weighted by molar-refractivity contribution is 5.94. The molecule has 1 aliphatic rings. The molecule has 0 radical (unpaired) electrons. The maximum Gasteiger partial charge on any atom is 0.410 e. The summed E-state index contributed by atoms with van der Waals surface area (Å²) in [6, 6.07) is 24.2. The summed E-state index contributed by atoms with van der Waals surface area (Å²) in [6.45, 7) is 1.22. The first-order valence-corrected chi connectivity index (χ1v) is 15.3. The quantitative estimate of drug-likeness (QED) is 0.199. The van der Waals surface area contributed by atoms with E-state index in [0.29, 0.717) is 43.0 Å². The molecule has 12 heteroatoms. The number of H-pyrrole nitrogens is 1. The number of nitrogens with one attached hydrogen (secondary N) is 2. The Hall–Kier alpha value is -5.36. The lowest BCUT2D eigenvalue weighted by atomic mass is 9.90. The third kappa shape index (κ3) is 8.27. The standard InChI is InChI=1S/C35H38N4O8/c1-44-27-15-9-14-26(30(27)45-2)20-36-33(41)28-29(40)34(42)38-32(37-28)31(46-21-23-10-5-3-6-11-23)25-16-18-39(19-17-25)35(43)47-22-24-12-7-4-8-13-24/h3-15,25,31,40H,16-22H2,1-2H3,(H,36,41)(H,37,38,42). The van der Waals surface area contributed by atoms with Crippen LogP contribution in [-0.4, -0.2) is 59.3 Å². The smallest absolute Gasteiger partial charge is 0.410 e. The summed E-state index contributed by atoms with van der Waals surface area (Å²) in [5.74, 6) is -0.671. The van der Waals surface area contributed by atoms with Crippen LogP contribution in [0.4, 0.5) is 4.79 Å². The predicted octanol–water partition coefficient (Wildman–Crippen LogP) is 4.73. The first-order valence-electron chi connectivity index (χ1n) is 15.3. The molecule has 1 unspecified atom stereocenters. The number of hydrogen-bond donors (Lipinski definition) is 3. The number of rotatable bonds is 12. The monoisotopic (exact) mass is 642 g/mol. The van der Waals surface area contributed by atoms with Gasteiger partial charge in [-0.3, -0.25) is 9.59 Å². The molecule has 5 rings (SSSR count). The molecular weight excluding hydrogens is 604 g/mol. The molecule has 3 aromatic carbocycles. The minimum Gasteiger partial charge on any atom is -0.501 e. The Morgan fingerprint density at radius 2 is 1.60 bits per heavy atom. The second-order valence-corrected chi connectivity index (χ2v) is 11.1. The highest BCUT2D eigenvalue weighted by Gasteiger charge is 2.33. The van der Waals surface area contributed by atoms with Gasteiger partial charge in [-0.15, -0.1) is 0 Å². The van der Waals surface area contributed by atoms with Crippen LogP contribution in [0.25, 0.3) is 0 Å². The number of piperidine rings is 1. The molecule has 3 N–H and O–H groups in total. The van der Waals surface area contributed by atoms with Crippen LogP contribution in [0.5, 0.6) is 17.2 Å². The van der Waals surface area contributed by atoms with Crippen LogP contribution in [0.3, 0.4) is 0 Å². The average Bonchev–Trinajstić information content (AvgIpc) is 3.11. The lowest BCUT2D eigenvalue weighted by molar-refractivity contribution is -0.0267. The van der Waals surface area contributed by atoms with Crippen LogP contribution >= 0.6 is 0 Å². The minimum atomic E-state index is -0.866. The number of aromatic nitrogens is 2. The maximum absolute atomic E-state index is 13.3. The molecular formula is C35H38N4O8. The second kappa shape index (κ2) is 15.8. The molecule has 0 spiro atoms. The predicted molar refractivity (Wildman–Crippen MR) is 172 cm³/mol. The minimum absolute atomic E-state index is 0.0230. The molecule has 1 saturated heterocycles. The van der Waals surface area contributed by atoms with Gasteiger partial charge >= 0.3 is 6.09 Å². The number of likely N-dealkylation sites (tertiary alicyclic amines) is 1. The molecule has 1 fully saturated rings. The second-order valence-electron chi connectivity index (χ2n) is 11.1. The van der Waals surface area contributed by atoms with Crippen LogP contribution in [-0.2, 0) is 29.2 Å². The number of aromatic hydroxyl groups is 1. The molecule has 0 bridgehead atoms. The van der Waals surface area contributed by atoms with E-state index in [0.717, 1.165) is 11.1 Å². The fourth-order valence-electron chi connectivity index (χ4n) is 5.52. The zero-order chi connectivity index (χ0) is 33.2. The number of nitrogens with zero attached hydrogens (tertiary/aromatic N) is 2. The van der Waals surface area contributed by atoms with Crippen LogP contribution < -0.4 is 20.3 Å². The molecule has 4 aromatic rings. The SMILES string of the molecule is COc1cccc(CNC(=O)c2nc(C(OCc3ccccc3)C3CCN(C(=O)OCc4ccccc4)CC3)[nH]c(=O)c2O)c1OC. The van der Waals surface area contributed by atoms with E-state index in [1.165, 1.54) is 14.2 Å². The number of amides is 2. The number of aromatic amines is 1. The number of methoxy groups -OCH3 is 2. The van der Waals surface area contributed by atoms with Crippen molar-refractivity contribution in [3.63, 3.8) is 0 Å². The Balaban J connectivity index is 1.32. The van der Waals surface area contributed by atoms with Gasteiger partial charge in [0, 0.05) is 25.2 Å². The van der Waals surface area contributed by atoms with Crippen LogP contribution in [0.1, 0.15) is 51.9 Å². The van der Waals surface area contributed by atoms with Gasteiger partial charge in [-0.1, -0.05) is 72.8 Å². The largest absolute Gasteiger partial charge is 0.501 e. The third-order valence-electron chi connectivity index (χ3n) is 8.03. The molecule has 2 amide bonds. The van der Waals surface area contributed by atoms with Crippen molar-refractivity contribution in [1.82, 2.24) is 20.2 Å². The summed E-state index contributed by atoms with van der Waals surface area (Å²) in [5.41, 5.74) is 1.14. The number of hydrogen-bond acceptors (Lipinski definition) is 9. The molecule has 2 heterocycles. The molecule has 1 aliphatic heterocycles. The van der Waals surface area contributed by atoms with E-state index in [2.05, 4.69) is 15.3 Å². The van der Waals surface area contributed by atoms with E-state index in [1.807, 2.05) is 60.7 Å². The van der Waals surface area contributed by atoms with Crippen molar-refractivity contribution in [2.24, 2.45) is 5.92 Å². The fourth-order valence-corrected chi connectivity index (χ4v) is 5.52. The molecule has 1 atom stereocenters. The van der Waals surface area contributed by atoms with Gasteiger partial charge in [-0.2, -0.15) is 0 Å². The molecule has 0 aliphatic carbocycles. The van der Waals surface area contributed by atoms with Crippen molar-refractivity contribution < 1.29 is 33.6 Å². The van der Waals surface area contributed by atoms with Crippen LogP contribution in [0.15, 0.2) is 83.7 Å². The number of carbonyl (C=O) groups is 2. The lowest BCUT2D eigenvalue weighted by Crippen LogP contribution is -2.40. The highest BCUT2D eigenvalue weighted by Crippen LogP contribution is 2.34. The summed E-state index contributed by atoms with van der Waals surface area (Å²) >= 11 is 0. The Bertz CT molecular complexity index is 1710. The maximum atomic E-state index is 13.3. The van der Waals surface area contributed by atoms with Gasteiger partial charge in [0.15, 0.2) is 17.2 Å². The normalized spacial score (nSPS) is 13.9. The van der Waals surface area contributed by atoms with Crippen molar-refractivity contribution in [3.05, 3.63) is 117 Å². The zero-order valence-corrected chi connectivity index (χ0v) is 26.3. The van der Waals surface area contributed by atoms with E-state index in [1.54, 1.807) is 23.1 Å². The van der Waals surface area contributed by atoms with Crippen molar-refractivity contribution in [1.29, 1.82) is 0 Å². The number of para-hydroxylation sites is 1. The van der Waals surface area contributed by atoms with Gasteiger partial charge in [0.2, 0.25) is 5.75 Å². The third-order valence-corrected chi connectivity index (χ3v) is 8.03. The molecule has 12 nitrogen and oxygen atoms in total. The van der Waals surface area contributed by atoms with Crippen molar-refractivity contribution in [2.75, 3.05) is 27.3 Å². The van der Waals surface area contributed by atoms with Crippen molar-refractivity contribution >= 4 is 12.0 Å². The van der Waals surface area contributed by atoms with Gasteiger partial charge in [0.1, 0.15) is 18.5 Å².